The van der Waals surface area contributed by atoms with Gasteiger partial charge in [0.05, 0.1) is 15.5 Å². The van der Waals surface area contributed by atoms with Crippen LogP contribution in [0.5, 0.6) is 5.75 Å². The summed E-state index contributed by atoms with van der Waals surface area (Å²) in [6.45, 7) is 0. The minimum Gasteiger partial charge on any atom is -0.502 e. The summed E-state index contributed by atoms with van der Waals surface area (Å²) in [5.41, 5.74) is 0.745. The zero-order valence-electron chi connectivity index (χ0n) is 12.7. The third kappa shape index (κ3) is 3.27. The van der Waals surface area contributed by atoms with Gasteiger partial charge in [0.25, 0.3) is 5.69 Å². The summed E-state index contributed by atoms with van der Waals surface area (Å²) in [4.78, 5) is 25.0. The highest BCUT2D eigenvalue weighted by Gasteiger charge is 2.13. The number of rotatable bonds is 4. The lowest BCUT2D eigenvalue weighted by Gasteiger charge is -2.01. The maximum atomic E-state index is 11.1. The van der Waals surface area contributed by atoms with E-state index in [-0.39, 0.29) is 11.2 Å². The zero-order valence-corrected chi connectivity index (χ0v) is 12.7. The van der Waals surface area contributed by atoms with Gasteiger partial charge < -0.3 is 5.11 Å². The molecule has 1 N–H and O–H groups in total. The van der Waals surface area contributed by atoms with E-state index in [1.165, 1.54) is 24.3 Å². The van der Waals surface area contributed by atoms with Crippen molar-refractivity contribution < 1.29 is 15.0 Å². The minimum absolute atomic E-state index is 0.0898. The van der Waals surface area contributed by atoms with Crippen molar-refractivity contribution in [2.75, 3.05) is 0 Å². The Morgan fingerprint density at radius 3 is 2.40 bits per heavy atom. The number of hydrogen-bond donors (Lipinski definition) is 1. The highest BCUT2D eigenvalue weighted by atomic mass is 16.6. The number of aromatic hydroxyl groups is 1. The van der Waals surface area contributed by atoms with E-state index in [0.29, 0.717) is 16.6 Å². The molecular formula is C17H11N3O5. The molecule has 0 amide bonds. The van der Waals surface area contributed by atoms with Gasteiger partial charge in [0.1, 0.15) is 5.52 Å². The maximum absolute atomic E-state index is 11.1. The molecule has 1 aromatic heterocycles. The second-order valence-corrected chi connectivity index (χ2v) is 5.18. The van der Waals surface area contributed by atoms with Gasteiger partial charge in [-0.3, -0.25) is 20.2 Å². The van der Waals surface area contributed by atoms with Gasteiger partial charge in [-0.15, -0.1) is 0 Å². The molecule has 3 rings (SSSR count). The highest BCUT2D eigenvalue weighted by Crippen LogP contribution is 2.27. The molecule has 0 aliphatic heterocycles. The minimum atomic E-state index is -0.676. The second-order valence-electron chi connectivity index (χ2n) is 5.18. The number of phenolic OH excluding ortho intramolecular Hbond substituents is 1. The Bertz CT molecular complexity index is 1030. The first-order valence-electron chi connectivity index (χ1n) is 7.15. The van der Waals surface area contributed by atoms with Gasteiger partial charge >= 0.3 is 5.69 Å². The molecule has 0 saturated heterocycles. The van der Waals surface area contributed by atoms with Crippen LogP contribution in [0.15, 0.2) is 48.5 Å². The van der Waals surface area contributed by atoms with Crippen molar-refractivity contribution in [2.24, 2.45) is 0 Å². The summed E-state index contributed by atoms with van der Waals surface area (Å²) in [5.74, 6) is -0.415. The van der Waals surface area contributed by atoms with Gasteiger partial charge in [-0.2, -0.15) is 0 Å². The molecular weight excluding hydrogens is 326 g/mol. The van der Waals surface area contributed by atoms with Crippen LogP contribution >= 0.6 is 0 Å². The molecule has 3 aromatic rings. The molecule has 8 nitrogen and oxygen atoms in total. The molecule has 2 aromatic carbocycles. The summed E-state index contributed by atoms with van der Waals surface area (Å²) in [6, 6.07) is 12.1. The topological polar surface area (TPSA) is 119 Å². The summed E-state index contributed by atoms with van der Waals surface area (Å²) < 4.78 is 0. The Kier molecular flexibility index (Phi) is 4.09. The van der Waals surface area contributed by atoms with Gasteiger partial charge in [-0.05, 0) is 23.8 Å². The molecule has 0 spiro atoms. The standard InChI is InChI=1S/C17H11N3O5/c21-16-9-5-11(10-15(16)20(24)25)4-7-13-8-6-12-2-1-3-14(19(22)23)17(12)18-13/h1-10,21H/b7-4+. The Balaban J connectivity index is 1.99. The first-order valence-corrected chi connectivity index (χ1v) is 7.15. The molecule has 0 unspecified atom stereocenters. The van der Waals surface area contributed by atoms with Crippen LogP contribution in [0.4, 0.5) is 11.4 Å². The van der Waals surface area contributed by atoms with Crippen molar-refractivity contribution in [3.05, 3.63) is 80.0 Å². The van der Waals surface area contributed by atoms with Crippen molar-refractivity contribution in [1.82, 2.24) is 4.98 Å². The highest BCUT2D eigenvalue weighted by molar-refractivity contribution is 5.88. The molecule has 1 heterocycles. The average molecular weight is 337 g/mol. The van der Waals surface area contributed by atoms with Crippen LogP contribution in [0.25, 0.3) is 23.1 Å². The Labute approximate surface area is 141 Å². The molecule has 0 aliphatic carbocycles. The summed E-state index contributed by atoms with van der Waals surface area (Å²) in [7, 11) is 0. The number of pyridine rings is 1. The third-order valence-electron chi connectivity index (χ3n) is 3.56. The zero-order chi connectivity index (χ0) is 18.0. The molecule has 0 radical (unpaired) electrons. The van der Waals surface area contributed by atoms with E-state index < -0.39 is 21.3 Å². The first kappa shape index (κ1) is 16.1. The number of benzene rings is 2. The number of phenols is 1. The predicted molar refractivity (Wildman–Crippen MR) is 92.1 cm³/mol. The van der Waals surface area contributed by atoms with Crippen molar-refractivity contribution in [3.63, 3.8) is 0 Å². The Morgan fingerprint density at radius 1 is 0.920 bits per heavy atom. The van der Waals surface area contributed by atoms with Crippen LogP contribution in [0.2, 0.25) is 0 Å². The molecule has 0 aliphatic rings. The largest absolute Gasteiger partial charge is 0.502 e. The Morgan fingerprint density at radius 2 is 1.68 bits per heavy atom. The molecule has 25 heavy (non-hydrogen) atoms. The molecule has 0 bridgehead atoms. The van der Waals surface area contributed by atoms with Gasteiger partial charge in [0.2, 0.25) is 0 Å². The van der Waals surface area contributed by atoms with Crippen LogP contribution in [-0.2, 0) is 0 Å². The summed E-state index contributed by atoms with van der Waals surface area (Å²) >= 11 is 0. The Hall–Kier alpha value is -3.81. The van der Waals surface area contributed by atoms with E-state index in [1.807, 2.05) is 0 Å². The van der Waals surface area contributed by atoms with E-state index in [4.69, 9.17) is 0 Å². The van der Waals surface area contributed by atoms with Crippen LogP contribution in [-0.4, -0.2) is 19.9 Å². The number of aromatic nitrogens is 1. The lowest BCUT2D eigenvalue weighted by molar-refractivity contribution is -0.385. The maximum Gasteiger partial charge on any atom is 0.311 e. The van der Waals surface area contributed by atoms with E-state index in [0.717, 1.165) is 0 Å². The van der Waals surface area contributed by atoms with Gasteiger partial charge in [-0.25, -0.2) is 4.98 Å². The first-order chi connectivity index (χ1) is 12.0. The van der Waals surface area contributed by atoms with Crippen molar-refractivity contribution >= 4 is 34.4 Å². The van der Waals surface area contributed by atoms with Crippen molar-refractivity contribution in [3.8, 4) is 5.75 Å². The number of non-ortho nitro benzene ring substituents is 1. The van der Waals surface area contributed by atoms with E-state index in [2.05, 4.69) is 4.98 Å². The third-order valence-corrected chi connectivity index (χ3v) is 3.56. The fourth-order valence-electron chi connectivity index (χ4n) is 2.36. The fourth-order valence-corrected chi connectivity index (χ4v) is 2.36. The lowest BCUT2D eigenvalue weighted by atomic mass is 10.1. The summed E-state index contributed by atoms with van der Waals surface area (Å²) in [5, 5.41) is 32.0. The SMILES string of the molecule is O=[N+]([O-])c1cc(/C=C/c2ccc3cccc([N+](=O)[O-])c3n2)ccc1O. The predicted octanol–water partition coefficient (Wildman–Crippen LogP) is 3.93. The number of para-hydroxylation sites is 1. The fraction of sp³-hybridized carbons (Fsp3) is 0. The quantitative estimate of drug-likeness (QED) is 0.569. The number of fused-ring (bicyclic) bond motifs is 1. The number of nitrogens with zero attached hydrogens (tertiary/aromatic N) is 3. The summed E-state index contributed by atoms with van der Waals surface area (Å²) in [6.07, 6.45) is 3.17. The van der Waals surface area contributed by atoms with Crippen LogP contribution in [0.3, 0.4) is 0 Å². The monoisotopic (exact) mass is 337 g/mol. The number of nitro groups is 2. The van der Waals surface area contributed by atoms with Crippen LogP contribution in [0, 0.1) is 20.2 Å². The molecule has 124 valence electrons. The molecule has 0 saturated carbocycles. The van der Waals surface area contributed by atoms with Crippen LogP contribution in [0.1, 0.15) is 11.3 Å². The van der Waals surface area contributed by atoms with Crippen molar-refractivity contribution in [2.45, 2.75) is 0 Å². The van der Waals surface area contributed by atoms with E-state index >= 15 is 0 Å². The van der Waals surface area contributed by atoms with Gasteiger partial charge in [0, 0.05) is 17.5 Å². The van der Waals surface area contributed by atoms with Crippen LogP contribution < -0.4 is 0 Å². The van der Waals surface area contributed by atoms with E-state index in [9.17, 15) is 25.3 Å². The molecule has 8 heteroatoms. The second kappa shape index (κ2) is 6.36. The van der Waals surface area contributed by atoms with Gasteiger partial charge in [-0.1, -0.05) is 30.3 Å². The normalized spacial score (nSPS) is 11.0. The van der Waals surface area contributed by atoms with Crippen molar-refractivity contribution in [1.29, 1.82) is 0 Å². The average Bonchev–Trinajstić information content (AvgIpc) is 2.59. The van der Waals surface area contributed by atoms with Gasteiger partial charge in [0.15, 0.2) is 5.75 Å². The number of nitro benzene ring substituents is 2. The molecule has 0 fully saturated rings. The van der Waals surface area contributed by atoms with E-state index in [1.54, 1.807) is 36.4 Å². The molecule has 0 atom stereocenters. The smallest absolute Gasteiger partial charge is 0.311 e. The lowest BCUT2D eigenvalue weighted by Crippen LogP contribution is -1.92. The number of hydrogen-bond acceptors (Lipinski definition) is 6.